The van der Waals surface area contributed by atoms with E-state index in [4.69, 9.17) is 4.52 Å². The highest BCUT2D eigenvalue weighted by atomic mass is 16.5. The molecule has 16 heavy (non-hydrogen) atoms. The third-order valence-electron chi connectivity index (χ3n) is 2.66. The highest BCUT2D eigenvalue weighted by molar-refractivity contribution is 5.85. The molecule has 0 aliphatic carbocycles. The third kappa shape index (κ3) is 1.21. The molecule has 0 N–H and O–H groups in total. The summed E-state index contributed by atoms with van der Waals surface area (Å²) in [6, 6.07) is 6.02. The van der Waals surface area contributed by atoms with E-state index < -0.39 is 0 Å². The number of nitrogens with zero attached hydrogens (tertiary/aromatic N) is 4. The van der Waals surface area contributed by atoms with Crippen molar-refractivity contribution in [1.29, 1.82) is 0 Å². The summed E-state index contributed by atoms with van der Waals surface area (Å²) in [6.45, 7) is 2.00. The molecular formula is C11H10N4O. The fourth-order valence-electron chi connectivity index (χ4n) is 1.87. The van der Waals surface area contributed by atoms with Crippen molar-refractivity contribution in [2.45, 2.75) is 6.92 Å². The molecule has 0 aliphatic heterocycles. The van der Waals surface area contributed by atoms with Crippen LogP contribution in [0, 0.1) is 6.92 Å². The van der Waals surface area contributed by atoms with Gasteiger partial charge < -0.3 is 4.52 Å². The smallest absolute Gasteiger partial charge is 0.214 e. The van der Waals surface area contributed by atoms with Gasteiger partial charge in [0.15, 0.2) is 0 Å². The molecule has 2 aromatic heterocycles. The zero-order valence-corrected chi connectivity index (χ0v) is 9.01. The normalized spacial score (nSPS) is 11.1. The standard InChI is InChI=1S/C11H10N4O/c1-7-9-4-3-8(11-12-6-16-14-11)5-10(9)15(2)13-7/h3-6H,1-2H3. The van der Waals surface area contributed by atoms with Gasteiger partial charge in [0.2, 0.25) is 12.2 Å². The predicted molar refractivity (Wildman–Crippen MR) is 58.7 cm³/mol. The van der Waals surface area contributed by atoms with Gasteiger partial charge in [-0.15, -0.1) is 0 Å². The molecule has 3 aromatic rings. The van der Waals surface area contributed by atoms with E-state index in [0.717, 1.165) is 22.2 Å². The van der Waals surface area contributed by atoms with E-state index >= 15 is 0 Å². The lowest BCUT2D eigenvalue weighted by Crippen LogP contribution is -1.90. The summed E-state index contributed by atoms with van der Waals surface area (Å²) >= 11 is 0. The first kappa shape index (κ1) is 9.08. The number of fused-ring (bicyclic) bond motifs is 1. The number of hydrogen-bond acceptors (Lipinski definition) is 4. The molecule has 0 saturated heterocycles. The lowest BCUT2D eigenvalue weighted by Gasteiger charge is -1.97. The summed E-state index contributed by atoms with van der Waals surface area (Å²) in [7, 11) is 1.93. The maximum atomic E-state index is 4.73. The van der Waals surface area contributed by atoms with Crippen molar-refractivity contribution in [3.8, 4) is 11.4 Å². The number of hydrogen-bond donors (Lipinski definition) is 0. The molecule has 3 rings (SSSR count). The third-order valence-corrected chi connectivity index (χ3v) is 2.66. The number of benzene rings is 1. The first-order valence-corrected chi connectivity index (χ1v) is 4.96. The lowest BCUT2D eigenvalue weighted by molar-refractivity contribution is 0.419. The Morgan fingerprint density at radius 2 is 2.19 bits per heavy atom. The predicted octanol–water partition coefficient (Wildman–Crippen LogP) is 1.93. The van der Waals surface area contributed by atoms with E-state index in [1.165, 1.54) is 6.39 Å². The second-order valence-electron chi connectivity index (χ2n) is 3.70. The Morgan fingerprint density at radius 3 is 2.94 bits per heavy atom. The Morgan fingerprint density at radius 1 is 1.31 bits per heavy atom. The van der Waals surface area contributed by atoms with Crippen molar-refractivity contribution in [3.05, 3.63) is 30.3 Å². The van der Waals surface area contributed by atoms with Gasteiger partial charge in [-0.05, 0) is 13.0 Å². The Kier molecular flexibility index (Phi) is 1.80. The molecule has 0 spiro atoms. The van der Waals surface area contributed by atoms with Crippen LogP contribution in [0.1, 0.15) is 5.69 Å². The van der Waals surface area contributed by atoms with Crippen molar-refractivity contribution in [2.24, 2.45) is 7.05 Å². The van der Waals surface area contributed by atoms with Gasteiger partial charge in [-0.3, -0.25) is 4.68 Å². The average molecular weight is 214 g/mol. The van der Waals surface area contributed by atoms with Gasteiger partial charge in [-0.2, -0.15) is 10.1 Å². The molecule has 0 aliphatic rings. The summed E-state index contributed by atoms with van der Waals surface area (Å²) < 4.78 is 6.59. The Balaban J connectivity index is 2.27. The maximum Gasteiger partial charge on any atom is 0.214 e. The van der Waals surface area contributed by atoms with Crippen molar-refractivity contribution < 1.29 is 4.52 Å². The van der Waals surface area contributed by atoms with Gasteiger partial charge in [-0.1, -0.05) is 17.3 Å². The second kappa shape index (κ2) is 3.16. The summed E-state index contributed by atoms with van der Waals surface area (Å²) in [5.41, 5.74) is 3.03. The molecule has 2 heterocycles. The molecule has 0 amide bonds. The molecule has 0 unspecified atom stereocenters. The molecular weight excluding hydrogens is 204 g/mol. The topological polar surface area (TPSA) is 56.7 Å². The molecule has 5 nitrogen and oxygen atoms in total. The van der Waals surface area contributed by atoms with E-state index in [2.05, 4.69) is 15.2 Å². The summed E-state index contributed by atoms with van der Waals surface area (Å²) in [6.07, 6.45) is 1.33. The van der Waals surface area contributed by atoms with Crippen LogP contribution in [-0.2, 0) is 7.05 Å². The van der Waals surface area contributed by atoms with Crippen LogP contribution in [0.15, 0.2) is 29.1 Å². The molecule has 0 saturated carbocycles. The van der Waals surface area contributed by atoms with Gasteiger partial charge >= 0.3 is 0 Å². The zero-order valence-electron chi connectivity index (χ0n) is 9.01. The van der Waals surface area contributed by atoms with Crippen LogP contribution in [0.3, 0.4) is 0 Å². The number of aryl methyl sites for hydroxylation is 2. The summed E-state index contributed by atoms with van der Waals surface area (Å²) in [5, 5.41) is 9.33. The SMILES string of the molecule is Cc1nn(C)c2cc(-c3ncon3)ccc12. The highest BCUT2D eigenvalue weighted by Gasteiger charge is 2.08. The van der Waals surface area contributed by atoms with Crippen molar-refractivity contribution in [3.63, 3.8) is 0 Å². The molecule has 80 valence electrons. The van der Waals surface area contributed by atoms with Gasteiger partial charge in [0.1, 0.15) is 0 Å². The Hall–Kier alpha value is -2.17. The van der Waals surface area contributed by atoms with Crippen LogP contribution in [-0.4, -0.2) is 19.9 Å². The van der Waals surface area contributed by atoms with E-state index in [1.54, 1.807) is 0 Å². The van der Waals surface area contributed by atoms with Crippen LogP contribution in [0.2, 0.25) is 0 Å². The monoisotopic (exact) mass is 214 g/mol. The van der Waals surface area contributed by atoms with Crippen LogP contribution >= 0.6 is 0 Å². The van der Waals surface area contributed by atoms with Crippen molar-refractivity contribution in [1.82, 2.24) is 19.9 Å². The maximum absolute atomic E-state index is 4.73. The highest BCUT2D eigenvalue weighted by Crippen LogP contribution is 2.23. The number of aromatic nitrogens is 4. The summed E-state index contributed by atoms with van der Waals surface area (Å²) in [5.74, 6) is 0.598. The van der Waals surface area contributed by atoms with Gasteiger partial charge in [0.05, 0.1) is 11.2 Å². The van der Waals surface area contributed by atoms with Crippen LogP contribution in [0.25, 0.3) is 22.3 Å². The second-order valence-corrected chi connectivity index (χ2v) is 3.70. The molecule has 0 bridgehead atoms. The Bertz CT molecular complexity index is 639. The minimum atomic E-state index is 0.598. The molecule has 0 fully saturated rings. The lowest BCUT2D eigenvalue weighted by atomic mass is 10.1. The summed E-state index contributed by atoms with van der Waals surface area (Å²) in [4.78, 5) is 4.02. The Labute approximate surface area is 91.7 Å². The molecule has 0 radical (unpaired) electrons. The zero-order chi connectivity index (χ0) is 11.1. The van der Waals surface area contributed by atoms with E-state index in [-0.39, 0.29) is 0 Å². The first-order chi connectivity index (χ1) is 7.75. The van der Waals surface area contributed by atoms with Crippen LogP contribution in [0.4, 0.5) is 0 Å². The fourth-order valence-corrected chi connectivity index (χ4v) is 1.87. The average Bonchev–Trinajstić information content (AvgIpc) is 2.88. The van der Waals surface area contributed by atoms with E-state index in [1.807, 2.05) is 36.9 Å². The van der Waals surface area contributed by atoms with Gasteiger partial charge in [0.25, 0.3) is 0 Å². The quantitative estimate of drug-likeness (QED) is 0.621. The van der Waals surface area contributed by atoms with Crippen molar-refractivity contribution in [2.75, 3.05) is 0 Å². The van der Waals surface area contributed by atoms with Gasteiger partial charge in [-0.25, -0.2) is 0 Å². The van der Waals surface area contributed by atoms with Crippen molar-refractivity contribution >= 4 is 10.9 Å². The van der Waals surface area contributed by atoms with Crippen LogP contribution in [0.5, 0.6) is 0 Å². The largest absolute Gasteiger partial charge is 0.342 e. The first-order valence-electron chi connectivity index (χ1n) is 4.96. The van der Waals surface area contributed by atoms with Gasteiger partial charge in [0, 0.05) is 18.0 Å². The molecule has 0 atom stereocenters. The minimum absolute atomic E-state index is 0.598. The van der Waals surface area contributed by atoms with E-state index in [0.29, 0.717) is 5.82 Å². The minimum Gasteiger partial charge on any atom is -0.342 e. The molecule has 5 heteroatoms. The van der Waals surface area contributed by atoms with Crippen LogP contribution < -0.4 is 0 Å². The molecule has 1 aromatic carbocycles. The van der Waals surface area contributed by atoms with E-state index in [9.17, 15) is 0 Å². The fraction of sp³-hybridized carbons (Fsp3) is 0.182. The number of rotatable bonds is 1.